The van der Waals surface area contributed by atoms with Crippen LogP contribution in [0.1, 0.15) is 33.1 Å². The molecule has 4 rings (SSSR count). The van der Waals surface area contributed by atoms with Crippen LogP contribution in [0, 0.1) is 11.6 Å². The molecule has 2 aromatic rings. The predicted molar refractivity (Wildman–Crippen MR) is 114 cm³/mol. The maximum atomic E-state index is 14.8. The quantitative estimate of drug-likeness (QED) is 0.667. The van der Waals surface area contributed by atoms with Crippen LogP contribution in [0.2, 0.25) is 0 Å². The van der Waals surface area contributed by atoms with Crippen LogP contribution in [-0.4, -0.2) is 54.5 Å². The number of fused-ring (bicyclic) bond motifs is 1. The Balaban J connectivity index is 1.29. The van der Waals surface area contributed by atoms with Gasteiger partial charge in [-0.1, -0.05) is 5.16 Å². The Labute approximate surface area is 184 Å². The number of hydrogen-bond donors (Lipinski definition) is 2. The van der Waals surface area contributed by atoms with Crippen LogP contribution in [0.4, 0.5) is 25.1 Å². The molecule has 1 saturated heterocycles. The molecule has 0 radical (unpaired) electrons. The van der Waals surface area contributed by atoms with Crippen molar-refractivity contribution < 1.29 is 27.7 Å². The molecule has 0 spiro atoms. The van der Waals surface area contributed by atoms with E-state index in [-0.39, 0.29) is 40.8 Å². The number of piperidine rings is 1. The average molecular weight is 451 g/mol. The molecule has 1 aromatic carbocycles. The number of aromatic nitrogens is 1. The third-order valence-corrected chi connectivity index (χ3v) is 5.59. The summed E-state index contributed by atoms with van der Waals surface area (Å²) in [5, 5.41) is 3.31. The van der Waals surface area contributed by atoms with Gasteiger partial charge in [0.25, 0.3) is 0 Å². The van der Waals surface area contributed by atoms with Crippen LogP contribution in [0.5, 0.6) is 0 Å². The van der Waals surface area contributed by atoms with E-state index < -0.39 is 11.6 Å². The van der Waals surface area contributed by atoms with Crippen molar-refractivity contribution in [1.82, 2.24) is 15.5 Å². The number of nitrogens with zero attached hydrogens (tertiary/aromatic N) is 3. The van der Waals surface area contributed by atoms with E-state index in [9.17, 15) is 13.6 Å². The molecular weight excluding hydrogens is 424 g/mol. The number of ether oxygens (including phenoxy) is 1. The number of benzene rings is 1. The maximum Gasteiger partial charge on any atom is 0.410 e. The molecule has 1 aromatic heterocycles. The highest BCUT2D eigenvalue weighted by atomic mass is 19.1. The van der Waals surface area contributed by atoms with Crippen LogP contribution in [-0.2, 0) is 9.57 Å². The fourth-order valence-corrected chi connectivity index (χ4v) is 3.86. The van der Waals surface area contributed by atoms with E-state index in [4.69, 9.17) is 19.8 Å². The molecule has 3 heterocycles. The summed E-state index contributed by atoms with van der Waals surface area (Å²) in [5.74, 6) is -1.53. The van der Waals surface area contributed by atoms with Crippen LogP contribution in [0.15, 0.2) is 22.4 Å². The van der Waals surface area contributed by atoms with Crippen molar-refractivity contribution in [3.63, 3.8) is 0 Å². The number of anilines is 2. The molecule has 2 aliphatic heterocycles. The van der Waals surface area contributed by atoms with Gasteiger partial charge in [-0.25, -0.2) is 13.6 Å². The van der Waals surface area contributed by atoms with Crippen molar-refractivity contribution >= 4 is 28.6 Å². The van der Waals surface area contributed by atoms with Crippen LogP contribution < -0.4 is 16.1 Å². The van der Waals surface area contributed by atoms with E-state index in [2.05, 4.69) is 10.6 Å². The Bertz CT molecular complexity index is 1020. The number of nitrogen functional groups attached to an aromatic ring is 1. The van der Waals surface area contributed by atoms with Gasteiger partial charge in [0.05, 0.1) is 17.9 Å². The van der Waals surface area contributed by atoms with E-state index in [0.717, 1.165) is 11.8 Å². The smallest absolute Gasteiger partial charge is 0.410 e. The van der Waals surface area contributed by atoms with Gasteiger partial charge in [0.15, 0.2) is 11.6 Å². The van der Waals surface area contributed by atoms with Crippen molar-refractivity contribution in [3.05, 3.63) is 29.5 Å². The van der Waals surface area contributed by atoms with Crippen molar-refractivity contribution in [2.45, 2.75) is 45.3 Å². The van der Waals surface area contributed by atoms with Crippen LogP contribution in [0.3, 0.4) is 0 Å². The first-order valence-electron chi connectivity index (χ1n) is 10.7. The fourth-order valence-electron chi connectivity index (χ4n) is 3.86. The van der Waals surface area contributed by atoms with E-state index in [0.29, 0.717) is 45.4 Å². The summed E-state index contributed by atoms with van der Waals surface area (Å²) in [5.41, 5.74) is 9.22. The number of nitrogens with two attached hydrogens (primary N) is 1. The fraction of sp³-hybridized carbons (Fsp3) is 0.524. The number of nitrogens with one attached hydrogen (secondary N) is 1. The van der Waals surface area contributed by atoms with Crippen molar-refractivity contribution in [2.24, 2.45) is 0 Å². The third kappa shape index (κ3) is 4.57. The summed E-state index contributed by atoms with van der Waals surface area (Å²) in [7, 11) is 0. The summed E-state index contributed by atoms with van der Waals surface area (Å²) in [6.07, 6.45) is 3.37. The van der Waals surface area contributed by atoms with Gasteiger partial charge in [-0.05, 0) is 32.8 Å². The Hall–Kier alpha value is -3.08. The number of carbonyl (C=O) groups excluding carboxylic acids is 1. The Morgan fingerprint density at radius 3 is 2.72 bits per heavy atom. The predicted octanol–water partition coefficient (Wildman–Crippen LogP) is 3.31. The Kier molecular flexibility index (Phi) is 6.35. The molecule has 11 heteroatoms. The minimum Gasteiger partial charge on any atom is -0.447 e. The molecule has 0 aliphatic carbocycles. The van der Waals surface area contributed by atoms with Crippen LogP contribution >= 0.6 is 0 Å². The van der Waals surface area contributed by atoms with Gasteiger partial charge in [-0.3, -0.25) is 10.3 Å². The van der Waals surface area contributed by atoms with Gasteiger partial charge in [0.2, 0.25) is 5.58 Å². The van der Waals surface area contributed by atoms with E-state index in [1.54, 1.807) is 9.80 Å². The maximum absolute atomic E-state index is 14.8. The molecule has 174 valence electrons. The zero-order valence-corrected chi connectivity index (χ0v) is 18.1. The zero-order chi connectivity index (χ0) is 22.8. The minimum atomic E-state index is -0.686. The van der Waals surface area contributed by atoms with Gasteiger partial charge in [0.1, 0.15) is 11.2 Å². The second-order valence-electron chi connectivity index (χ2n) is 8.23. The lowest BCUT2D eigenvalue weighted by Gasteiger charge is -2.33. The highest BCUT2D eigenvalue weighted by molar-refractivity contribution is 5.90. The molecular formula is C21H27F2N5O4. The first-order chi connectivity index (χ1) is 15.3. The number of amides is 1. The Morgan fingerprint density at radius 1 is 1.31 bits per heavy atom. The molecule has 32 heavy (non-hydrogen) atoms. The lowest BCUT2D eigenvalue weighted by molar-refractivity contribution is -0.0415. The number of hydroxylamine groups is 1. The lowest BCUT2D eigenvalue weighted by Crippen LogP contribution is -2.43. The highest BCUT2D eigenvalue weighted by Gasteiger charge is 2.26. The molecule has 2 aliphatic rings. The van der Waals surface area contributed by atoms with Crippen molar-refractivity contribution in [2.75, 3.05) is 36.8 Å². The first-order valence-corrected chi connectivity index (χ1v) is 10.7. The molecule has 1 fully saturated rings. The standard InChI is InChI=1S/C21H27F2N5O4/c1-12(2)30-21(29)28-9-5-14(6-10-28)31-25-13-3-7-27(8-4-13)16-11-15(22)17-19(18(16)23)32-26-20(17)24/h3,11-12,14,25H,4-10H2,1-2H3,(H2,24,26). The third-order valence-electron chi connectivity index (χ3n) is 5.59. The number of likely N-dealkylation sites (tertiary alicyclic amines) is 1. The van der Waals surface area contributed by atoms with Gasteiger partial charge in [-0.15, -0.1) is 0 Å². The average Bonchev–Trinajstić information content (AvgIpc) is 3.17. The minimum absolute atomic E-state index is 0.0251. The highest BCUT2D eigenvalue weighted by Crippen LogP contribution is 2.33. The summed E-state index contributed by atoms with van der Waals surface area (Å²) >= 11 is 0. The topological polar surface area (TPSA) is 106 Å². The SMILES string of the molecule is CC(C)OC(=O)N1CCC(ONC2=CCN(c3cc(F)c4c(N)noc4c3F)CC2)CC1. The van der Waals surface area contributed by atoms with Crippen molar-refractivity contribution in [3.8, 4) is 0 Å². The number of rotatable bonds is 5. The monoisotopic (exact) mass is 451 g/mol. The zero-order valence-electron chi connectivity index (χ0n) is 18.1. The number of carbonyl (C=O) groups is 1. The number of hydrogen-bond acceptors (Lipinski definition) is 8. The molecule has 0 unspecified atom stereocenters. The molecule has 0 atom stereocenters. The summed E-state index contributed by atoms with van der Waals surface area (Å²) in [6.45, 7) is 5.63. The van der Waals surface area contributed by atoms with E-state index in [1.807, 2.05) is 19.9 Å². The van der Waals surface area contributed by atoms with Gasteiger partial charge in [-0.2, -0.15) is 0 Å². The second-order valence-corrected chi connectivity index (χ2v) is 8.23. The molecule has 0 saturated carbocycles. The van der Waals surface area contributed by atoms with Crippen molar-refractivity contribution in [1.29, 1.82) is 0 Å². The Morgan fingerprint density at radius 2 is 2.06 bits per heavy atom. The molecule has 1 amide bonds. The number of halogens is 2. The largest absolute Gasteiger partial charge is 0.447 e. The van der Waals surface area contributed by atoms with E-state index in [1.165, 1.54) is 0 Å². The van der Waals surface area contributed by atoms with E-state index >= 15 is 0 Å². The lowest BCUT2D eigenvalue weighted by atomic mass is 10.1. The van der Waals surface area contributed by atoms with Gasteiger partial charge in [0, 0.05) is 44.4 Å². The molecule has 9 nitrogen and oxygen atoms in total. The summed E-state index contributed by atoms with van der Waals surface area (Å²) in [6, 6.07) is 1.12. The molecule has 0 bridgehead atoms. The second kappa shape index (κ2) is 9.19. The summed E-state index contributed by atoms with van der Waals surface area (Å²) < 4.78 is 39.2. The first kappa shape index (κ1) is 22.1. The summed E-state index contributed by atoms with van der Waals surface area (Å²) in [4.78, 5) is 21.1. The molecule has 3 N–H and O–H groups in total. The van der Waals surface area contributed by atoms with Crippen LogP contribution in [0.25, 0.3) is 11.0 Å². The van der Waals surface area contributed by atoms with Gasteiger partial charge >= 0.3 is 6.09 Å². The van der Waals surface area contributed by atoms with Gasteiger partial charge < -0.3 is 24.8 Å². The normalized spacial score (nSPS) is 17.7.